The number of halogens is 4. The number of hydrogen-bond donors (Lipinski definition) is 1. The minimum atomic E-state index is -4.97. The quantitative estimate of drug-likeness (QED) is 0.648. The van der Waals surface area contributed by atoms with Crippen LogP contribution in [0.25, 0.3) is 5.69 Å². The van der Waals surface area contributed by atoms with E-state index in [0.717, 1.165) is 28.8 Å². The summed E-state index contributed by atoms with van der Waals surface area (Å²) in [5.74, 6) is -1.97. The minimum absolute atomic E-state index is 0.297. The molecule has 3 aromatic rings. The molecule has 152 valence electrons. The summed E-state index contributed by atoms with van der Waals surface area (Å²) in [4.78, 5) is 12.6. The lowest BCUT2D eigenvalue weighted by atomic mass is 10.0. The zero-order valence-corrected chi connectivity index (χ0v) is 15.9. The topological polar surface area (TPSA) is 59.8 Å². The van der Waals surface area contributed by atoms with Gasteiger partial charge in [-0.1, -0.05) is 46.7 Å². The van der Waals surface area contributed by atoms with Crippen molar-refractivity contribution < 1.29 is 22.4 Å². The lowest BCUT2D eigenvalue weighted by Gasteiger charge is -2.16. The molecule has 1 N–H and O–H groups in total. The summed E-state index contributed by atoms with van der Waals surface area (Å²) in [6.45, 7) is 5.42. The fourth-order valence-electron chi connectivity index (χ4n) is 3.09. The number of nitrogens with one attached hydrogen (secondary N) is 1. The average molecular weight is 406 g/mol. The SMILES string of the molecule is Cc1cc(C)cc(C(C)NC(=O)c2nnn(-c3ccccc3F)c2C(F)(F)F)c1. The van der Waals surface area contributed by atoms with Gasteiger partial charge in [0.1, 0.15) is 11.5 Å². The Morgan fingerprint density at radius 1 is 1.10 bits per heavy atom. The fraction of sp³-hybridized carbons (Fsp3) is 0.250. The second-order valence-electron chi connectivity index (χ2n) is 6.76. The summed E-state index contributed by atoms with van der Waals surface area (Å²) < 4.78 is 55.4. The van der Waals surface area contributed by atoms with E-state index in [9.17, 15) is 22.4 Å². The van der Waals surface area contributed by atoms with Crippen LogP contribution in [0.1, 0.15) is 45.8 Å². The highest BCUT2D eigenvalue weighted by Gasteiger charge is 2.42. The molecule has 0 fully saturated rings. The highest BCUT2D eigenvalue weighted by atomic mass is 19.4. The molecule has 0 saturated heterocycles. The zero-order chi connectivity index (χ0) is 21.3. The largest absolute Gasteiger partial charge is 0.435 e. The molecule has 5 nitrogen and oxygen atoms in total. The summed E-state index contributed by atoms with van der Waals surface area (Å²) in [6.07, 6.45) is -4.97. The van der Waals surface area contributed by atoms with E-state index in [4.69, 9.17) is 0 Å². The highest BCUT2D eigenvalue weighted by Crippen LogP contribution is 2.33. The van der Waals surface area contributed by atoms with Gasteiger partial charge in [-0.15, -0.1) is 5.10 Å². The van der Waals surface area contributed by atoms with Crippen molar-refractivity contribution in [3.05, 3.63) is 76.4 Å². The molecule has 0 radical (unpaired) electrons. The van der Waals surface area contributed by atoms with E-state index in [2.05, 4.69) is 15.6 Å². The Bertz CT molecular complexity index is 1040. The van der Waals surface area contributed by atoms with E-state index in [1.54, 1.807) is 6.92 Å². The molecule has 29 heavy (non-hydrogen) atoms. The lowest BCUT2D eigenvalue weighted by molar-refractivity contribution is -0.143. The average Bonchev–Trinajstić information content (AvgIpc) is 3.06. The smallest absolute Gasteiger partial charge is 0.344 e. The number of para-hydroxylation sites is 1. The van der Waals surface area contributed by atoms with Crippen molar-refractivity contribution in [2.75, 3.05) is 0 Å². The first-order valence-electron chi connectivity index (χ1n) is 8.74. The lowest BCUT2D eigenvalue weighted by Crippen LogP contribution is -2.29. The van der Waals surface area contributed by atoms with Crippen molar-refractivity contribution in [2.24, 2.45) is 0 Å². The van der Waals surface area contributed by atoms with Gasteiger partial charge in [0.2, 0.25) is 0 Å². The van der Waals surface area contributed by atoms with E-state index in [1.807, 2.05) is 32.0 Å². The van der Waals surface area contributed by atoms with E-state index < -0.39 is 41.0 Å². The molecule has 1 heterocycles. The van der Waals surface area contributed by atoms with Gasteiger partial charge in [0.25, 0.3) is 5.91 Å². The normalized spacial score (nSPS) is 12.7. The van der Waals surface area contributed by atoms with Gasteiger partial charge in [0.15, 0.2) is 11.4 Å². The molecule has 3 rings (SSSR count). The first-order valence-corrected chi connectivity index (χ1v) is 8.74. The number of amides is 1. The maximum Gasteiger partial charge on any atom is 0.435 e. The van der Waals surface area contributed by atoms with Gasteiger partial charge in [0.05, 0.1) is 6.04 Å². The minimum Gasteiger partial charge on any atom is -0.344 e. The Balaban J connectivity index is 1.98. The van der Waals surface area contributed by atoms with Crippen LogP contribution in [-0.2, 0) is 6.18 Å². The van der Waals surface area contributed by atoms with Crippen LogP contribution >= 0.6 is 0 Å². The van der Waals surface area contributed by atoms with Gasteiger partial charge in [-0.3, -0.25) is 4.79 Å². The number of rotatable bonds is 4. The van der Waals surface area contributed by atoms with Gasteiger partial charge in [-0.25, -0.2) is 9.07 Å². The summed E-state index contributed by atoms with van der Waals surface area (Å²) in [5.41, 5.74) is -0.144. The number of nitrogens with zero attached hydrogens (tertiary/aromatic N) is 3. The number of aromatic nitrogens is 3. The van der Waals surface area contributed by atoms with Crippen molar-refractivity contribution >= 4 is 5.91 Å². The van der Waals surface area contributed by atoms with Crippen LogP contribution in [0.3, 0.4) is 0 Å². The van der Waals surface area contributed by atoms with Crippen LogP contribution < -0.4 is 5.32 Å². The van der Waals surface area contributed by atoms with Crippen molar-refractivity contribution in [1.29, 1.82) is 0 Å². The maximum absolute atomic E-state index is 14.0. The Hall–Kier alpha value is -3.23. The Morgan fingerprint density at radius 2 is 1.72 bits per heavy atom. The summed E-state index contributed by atoms with van der Waals surface area (Å²) in [7, 11) is 0. The molecule has 9 heteroatoms. The highest BCUT2D eigenvalue weighted by molar-refractivity contribution is 5.93. The molecular formula is C20H18F4N4O. The van der Waals surface area contributed by atoms with Crippen LogP contribution in [0.4, 0.5) is 17.6 Å². The molecule has 0 aliphatic carbocycles. The van der Waals surface area contributed by atoms with Gasteiger partial charge in [0, 0.05) is 0 Å². The molecule has 1 atom stereocenters. The maximum atomic E-state index is 14.0. The van der Waals surface area contributed by atoms with Crippen molar-refractivity contribution in [1.82, 2.24) is 20.3 Å². The molecule has 1 unspecified atom stereocenters. The fourth-order valence-corrected chi connectivity index (χ4v) is 3.09. The van der Waals surface area contributed by atoms with Gasteiger partial charge in [-0.05, 0) is 38.5 Å². The number of alkyl halides is 3. The van der Waals surface area contributed by atoms with E-state index in [-0.39, 0.29) is 0 Å². The van der Waals surface area contributed by atoms with Gasteiger partial charge < -0.3 is 5.32 Å². The zero-order valence-electron chi connectivity index (χ0n) is 15.9. The van der Waals surface area contributed by atoms with Crippen LogP contribution in [0.15, 0.2) is 42.5 Å². The first-order chi connectivity index (χ1) is 13.6. The number of benzene rings is 2. The number of carbonyl (C=O) groups excluding carboxylic acids is 1. The van der Waals surface area contributed by atoms with Crippen LogP contribution in [-0.4, -0.2) is 20.9 Å². The van der Waals surface area contributed by atoms with E-state index in [1.165, 1.54) is 12.1 Å². The predicted octanol–water partition coefficient (Wildman–Crippen LogP) is 4.53. The van der Waals surface area contributed by atoms with Gasteiger partial charge in [-0.2, -0.15) is 13.2 Å². The second-order valence-corrected chi connectivity index (χ2v) is 6.76. The molecule has 0 aliphatic rings. The first kappa shape index (κ1) is 20.5. The van der Waals surface area contributed by atoms with Crippen LogP contribution in [0.5, 0.6) is 0 Å². The van der Waals surface area contributed by atoms with E-state index >= 15 is 0 Å². The molecule has 0 saturated carbocycles. The third-order valence-corrected chi connectivity index (χ3v) is 4.33. The van der Waals surface area contributed by atoms with Crippen molar-refractivity contribution in [3.8, 4) is 5.69 Å². The predicted molar refractivity (Wildman–Crippen MR) is 98.1 cm³/mol. The third kappa shape index (κ3) is 4.28. The Labute approximate surface area is 164 Å². The Kier molecular flexibility index (Phi) is 5.41. The molecule has 2 aromatic carbocycles. The number of hydrogen-bond acceptors (Lipinski definition) is 3. The third-order valence-electron chi connectivity index (χ3n) is 4.33. The van der Waals surface area contributed by atoms with Gasteiger partial charge >= 0.3 is 6.18 Å². The number of carbonyl (C=O) groups is 1. The van der Waals surface area contributed by atoms with Crippen molar-refractivity contribution in [2.45, 2.75) is 33.0 Å². The summed E-state index contributed by atoms with van der Waals surface area (Å²) in [5, 5.41) is 9.30. The molecule has 0 bridgehead atoms. The monoisotopic (exact) mass is 406 g/mol. The standard InChI is InChI=1S/C20H18F4N4O/c1-11-8-12(2)10-14(9-11)13(3)25-19(29)17-18(20(22,23)24)28(27-26-17)16-7-5-4-6-15(16)21/h4-10,13H,1-3H3,(H,25,29). The number of aryl methyl sites for hydroxylation is 2. The molecule has 0 spiro atoms. The molecular weight excluding hydrogens is 388 g/mol. The van der Waals surface area contributed by atoms with Crippen molar-refractivity contribution in [3.63, 3.8) is 0 Å². The molecule has 0 aliphatic heterocycles. The summed E-state index contributed by atoms with van der Waals surface area (Å²) in [6, 6.07) is 9.86. The summed E-state index contributed by atoms with van der Waals surface area (Å²) >= 11 is 0. The molecule has 1 aromatic heterocycles. The van der Waals surface area contributed by atoms with Crippen LogP contribution in [0.2, 0.25) is 0 Å². The Morgan fingerprint density at radius 3 is 2.31 bits per heavy atom. The van der Waals surface area contributed by atoms with Crippen LogP contribution in [0, 0.1) is 19.7 Å². The second kappa shape index (κ2) is 7.65. The molecule has 1 amide bonds. The van der Waals surface area contributed by atoms with E-state index in [0.29, 0.717) is 4.68 Å².